The molecule has 1 heterocycles. The van der Waals surface area contributed by atoms with Crippen molar-refractivity contribution in [2.75, 3.05) is 10.6 Å². The number of aromatic carboxylic acids is 1. The van der Waals surface area contributed by atoms with E-state index in [1.807, 2.05) is 42.5 Å². The summed E-state index contributed by atoms with van der Waals surface area (Å²) in [6.07, 6.45) is 0. The van der Waals surface area contributed by atoms with E-state index in [1.165, 1.54) is 16.9 Å². The molecule has 5 nitrogen and oxygen atoms in total. The lowest BCUT2D eigenvalue weighted by Crippen LogP contribution is -2.20. The summed E-state index contributed by atoms with van der Waals surface area (Å²) in [5, 5.41) is 17.1. The van der Waals surface area contributed by atoms with Crippen LogP contribution in [-0.4, -0.2) is 17.1 Å². The van der Waals surface area contributed by atoms with Gasteiger partial charge in [0.05, 0.1) is 0 Å². The summed E-state index contributed by atoms with van der Waals surface area (Å²) in [4.78, 5) is 24.0. The third-order valence-electron chi connectivity index (χ3n) is 4.15. The number of hydrogen-bond donors (Lipinski definition) is 3. The molecule has 3 aromatic rings. The van der Waals surface area contributed by atoms with Crippen LogP contribution in [0.3, 0.4) is 0 Å². The van der Waals surface area contributed by atoms with E-state index >= 15 is 0 Å². The zero-order valence-electron chi connectivity index (χ0n) is 15.0. The molecular weight excluding hydrogens is 360 g/mol. The number of benzene rings is 2. The minimum absolute atomic E-state index is 0.0977. The highest BCUT2D eigenvalue weighted by Gasteiger charge is 2.21. The van der Waals surface area contributed by atoms with Gasteiger partial charge in [-0.2, -0.15) is 0 Å². The molecule has 6 heteroatoms. The molecule has 0 atom stereocenters. The van der Waals surface area contributed by atoms with Crippen LogP contribution in [0.4, 0.5) is 15.5 Å². The largest absolute Gasteiger partial charge is 0.478 e. The quantitative estimate of drug-likeness (QED) is 0.517. The maximum Gasteiger partial charge on any atom is 0.339 e. The second-order valence-corrected chi connectivity index (χ2v) is 7.26. The second kappa shape index (κ2) is 8.05. The summed E-state index contributed by atoms with van der Waals surface area (Å²) < 4.78 is 0. The molecule has 0 bridgehead atoms. The summed E-state index contributed by atoms with van der Waals surface area (Å²) >= 11 is 1.20. The summed E-state index contributed by atoms with van der Waals surface area (Å²) in [6, 6.07) is 16.3. The van der Waals surface area contributed by atoms with E-state index in [2.05, 4.69) is 24.5 Å². The number of carboxylic acid groups (broad SMARTS) is 1. The molecule has 0 aliphatic carbocycles. The lowest BCUT2D eigenvalue weighted by Gasteiger charge is -2.09. The molecule has 27 heavy (non-hydrogen) atoms. The predicted molar refractivity (Wildman–Crippen MR) is 110 cm³/mol. The van der Waals surface area contributed by atoms with Gasteiger partial charge in [0.2, 0.25) is 0 Å². The van der Waals surface area contributed by atoms with E-state index in [1.54, 1.807) is 17.5 Å². The van der Waals surface area contributed by atoms with Crippen molar-refractivity contribution in [2.45, 2.75) is 19.8 Å². The fourth-order valence-electron chi connectivity index (χ4n) is 2.71. The van der Waals surface area contributed by atoms with Crippen LogP contribution in [0.2, 0.25) is 0 Å². The van der Waals surface area contributed by atoms with Gasteiger partial charge in [-0.05, 0) is 29.2 Å². The van der Waals surface area contributed by atoms with E-state index in [-0.39, 0.29) is 5.56 Å². The molecule has 1 aromatic heterocycles. The van der Waals surface area contributed by atoms with Crippen molar-refractivity contribution in [3.63, 3.8) is 0 Å². The van der Waals surface area contributed by atoms with Crippen molar-refractivity contribution >= 4 is 34.0 Å². The Balaban J connectivity index is 1.85. The van der Waals surface area contributed by atoms with E-state index in [0.29, 0.717) is 22.2 Å². The highest BCUT2D eigenvalue weighted by molar-refractivity contribution is 7.15. The van der Waals surface area contributed by atoms with Crippen molar-refractivity contribution in [1.29, 1.82) is 0 Å². The maximum atomic E-state index is 12.2. The van der Waals surface area contributed by atoms with Gasteiger partial charge in [0, 0.05) is 16.6 Å². The smallest absolute Gasteiger partial charge is 0.339 e. The average molecular weight is 380 g/mol. The number of nitrogens with one attached hydrogen (secondary N) is 2. The van der Waals surface area contributed by atoms with Gasteiger partial charge in [-0.3, -0.25) is 5.32 Å². The molecule has 0 unspecified atom stereocenters. The van der Waals surface area contributed by atoms with Gasteiger partial charge in [-0.15, -0.1) is 11.3 Å². The average Bonchev–Trinajstić information content (AvgIpc) is 3.06. The highest BCUT2D eigenvalue weighted by atomic mass is 32.1. The van der Waals surface area contributed by atoms with Crippen molar-refractivity contribution < 1.29 is 14.7 Å². The SMILES string of the molecule is CC(C)c1ccc(-c2csc(NC(=O)Nc3ccccc3)c2C(=O)O)cc1. The number of thiophene rings is 1. The first-order chi connectivity index (χ1) is 13.0. The van der Waals surface area contributed by atoms with Crippen LogP contribution in [0, 0.1) is 0 Å². The minimum atomic E-state index is -1.07. The van der Waals surface area contributed by atoms with Crippen LogP contribution in [0.25, 0.3) is 11.1 Å². The Hall–Kier alpha value is -3.12. The molecular formula is C21H20N2O3S. The Morgan fingerprint density at radius 1 is 0.963 bits per heavy atom. The van der Waals surface area contributed by atoms with Crippen molar-refractivity contribution in [3.8, 4) is 11.1 Å². The fraction of sp³-hybridized carbons (Fsp3) is 0.143. The number of hydrogen-bond acceptors (Lipinski definition) is 3. The summed E-state index contributed by atoms with van der Waals surface area (Å²) in [5.74, 6) is -0.673. The predicted octanol–water partition coefficient (Wildman–Crippen LogP) is 5.88. The Bertz CT molecular complexity index is 947. The number of amides is 2. The number of rotatable bonds is 5. The number of anilines is 2. The van der Waals surface area contributed by atoms with Crippen LogP contribution >= 0.6 is 11.3 Å². The zero-order valence-corrected chi connectivity index (χ0v) is 15.8. The van der Waals surface area contributed by atoms with Crippen LogP contribution in [-0.2, 0) is 0 Å². The second-order valence-electron chi connectivity index (χ2n) is 6.38. The fourth-order valence-corrected chi connectivity index (χ4v) is 3.67. The zero-order chi connectivity index (χ0) is 19.4. The van der Waals surface area contributed by atoms with Crippen LogP contribution in [0.15, 0.2) is 60.0 Å². The standard InChI is InChI=1S/C21H20N2O3S/c1-13(2)14-8-10-15(11-9-14)17-12-27-19(18(17)20(24)25)23-21(26)22-16-6-4-3-5-7-16/h3-13H,1-2H3,(H,24,25)(H2,22,23,26). The first kappa shape index (κ1) is 18.7. The Morgan fingerprint density at radius 3 is 2.22 bits per heavy atom. The molecule has 3 rings (SSSR count). The highest BCUT2D eigenvalue weighted by Crippen LogP contribution is 2.36. The molecule has 0 saturated carbocycles. The molecule has 0 fully saturated rings. The lowest BCUT2D eigenvalue weighted by atomic mass is 9.98. The van der Waals surface area contributed by atoms with Gasteiger partial charge in [-0.25, -0.2) is 9.59 Å². The summed E-state index contributed by atoms with van der Waals surface area (Å²) in [7, 11) is 0. The molecule has 2 aromatic carbocycles. The number of carboxylic acids is 1. The number of carbonyl (C=O) groups excluding carboxylic acids is 1. The lowest BCUT2D eigenvalue weighted by molar-refractivity contribution is 0.0699. The van der Waals surface area contributed by atoms with E-state index in [0.717, 1.165) is 5.56 Å². The van der Waals surface area contributed by atoms with Gasteiger partial charge >= 0.3 is 12.0 Å². The first-order valence-electron chi connectivity index (χ1n) is 8.54. The third kappa shape index (κ3) is 4.35. The van der Waals surface area contributed by atoms with E-state index in [4.69, 9.17) is 0 Å². The van der Waals surface area contributed by atoms with Crippen LogP contribution in [0.1, 0.15) is 35.7 Å². The molecule has 0 radical (unpaired) electrons. The molecule has 138 valence electrons. The molecule has 0 saturated heterocycles. The van der Waals surface area contributed by atoms with Gasteiger partial charge in [-0.1, -0.05) is 56.3 Å². The van der Waals surface area contributed by atoms with E-state index in [9.17, 15) is 14.7 Å². The number of urea groups is 1. The summed E-state index contributed by atoms with van der Waals surface area (Å²) in [5.41, 5.74) is 3.32. The van der Waals surface area contributed by atoms with Crippen molar-refractivity contribution in [2.24, 2.45) is 0 Å². The molecule has 0 aliphatic rings. The van der Waals surface area contributed by atoms with Gasteiger partial charge < -0.3 is 10.4 Å². The first-order valence-corrected chi connectivity index (χ1v) is 9.42. The van der Waals surface area contributed by atoms with Crippen molar-refractivity contribution in [3.05, 3.63) is 71.1 Å². The number of carbonyl (C=O) groups is 2. The molecule has 0 aliphatic heterocycles. The summed E-state index contributed by atoms with van der Waals surface area (Å²) in [6.45, 7) is 4.21. The van der Waals surface area contributed by atoms with Crippen LogP contribution < -0.4 is 10.6 Å². The van der Waals surface area contributed by atoms with Crippen LogP contribution in [0.5, 0.6) is 0 Å². The van der Waals surface area contributed by atoms with Crippen molar-refractivity contribution in [1.82, 2.24) is 0 Å². The molecule has 0 spiro atoms. The Labute approximate surface area is 161 Å². The topological polar surface area (TPSA) is 78.4 Å². The Morgan fingerprint density at radius 2 is 1.63 bits per heavy atom. The maximum absolute atomic E-state index is 12.2. The monoisotopic (exact) mass is 380 g/mol. The van der Waals surface area contributed by atoms with Gasteiger partial charge in [0.25, 0.3) is 0 Å². The van der Waals surface area contributed by atoms with Gasteiger partial charge in [0.1, 0.15) is 10.6 Å². The van der Waals surface area contributed by atoms with E-state index < -0.39 is 12.0 Å². The van der Waals surface area contributed by atoms with Gasteiger partial charge in [0.15, 0.2) is 0 Å². The number of para-hydroxylation sites is 1. The molecule has 2 amide bonds. The molecule has 3 N–H and O–H groups in total. The Kier molecular flexibility index (Phi) is 5.57. The third-order valence-corrected chi connectivity index (χ3v) is 5.05. The normalized spacial score (nSPS) is 10.6. The minimum Gasteiger partial charge on any atom is -0.478 e.